The Balaban J connectivity index is 1.90. The van der Waals surface area contributed by atoms with Crippen LogP contribution in [0.4, 0.5) is 0 Å². The molecule has 0 radical (unpaired) electrons. The highest BCUT2D eigenvalue weighted by atomic mass is 35.5. The summed E-state index contributed by atoms with van der Waals surface area (Å²) in [6.45, 7) is 4.31. The van der Waals surface area contributed by atoms with Crippen molar-refractivity contribution < 1.29 is 0 Å². The van der Waals surface area contributed by atoms with Gasteiger partial charge in [-0.3, -0.25) is 18.8 Å². The molecule has 0 aliphatic carbocycles. The number of fused-ring (bicyclic) bond motifs is 1. The molecule has 1 fully saturated rings. The van der Waals surface area contributed by atoms with Crippen LogP contribution in [0.3, 0.4) is 0 Å². The summed E-state index contributed by atoms with van der Waals surface area (Å²) in [6, 6.07) is 8.07. The SMILES string of the molecule is C[C@H]1CCCCN1Cc1nc2c(c(=O)n(C)c(=O)n2C)n1Cc1ccccc1Cl. The van der Waals surface area contributed by atoms with Crippen LogP contribution in [0.25, 0.3) is 11.2 Å². The molecule has 0 bridgehead atoms. The Hall–Kier alpha value is -2.38. The van der Waals surface area contributed by atoms with E-state index in [0.29, 0.717) is 35.3 Å². The van der Waals surface area contributed by atoms with Gasteiger partial charge in [0.05, 0.1) is 13.1 Å². The number of piperidine rings is 1. The fourth-order valence-electron chi connectivity index (χ4n) is 4.15. The molecule has 154 valence electrons. The maximum atomic E-state index is 13.0. The van der Waals surface area contributed by atoms with Crippen LogP contribution in [0.2, 0.25) is 5.02 Å². The van der Waals surface area contributed by atoms with Crippen LogP contribution in [0, 0.1) is 0 Å². The number of hydrogen-bond donors (Lipinski definition) is 0. The van der Waals surface area contributed by atoms with Gasteiger partial charge >= 0.3 is 5.69 Å². The first-order valence-corrected chi connectivity index (χ1v) is 10.4. The van der Waals surface area contributed by atoms with Crippen molar-refractivity contribution >= 4 is 22.8 Å². The van der Waals surface area contributed by atoms with Crippen LogP contribution in [0.5, 0.6) is 0 Å². The van der Waals surface area contributed by atoms with Gasteiger partial charge in [0, 0.05) is 25.2 Å². The van der Waals surface area contributed by atoms with Crippen molar-refractivity contribution in [1.82, 2.24) is 23.6 Å². The van der Waals surface area contributed by atoms with E-state index in [-0.39, 0.29) is 11.2 Å². The van der Waals surface area contributed by atoms with E-state index in [1.807, 2.05) is 28.8 Å². The van der Waals surface area contributed by atoms with E-state index in [1.54, 1.807) is 7.05 Å². The quantitative estimate of drug-likeness (QED) is 0.656. The fourth-order valence-corrected chi connectivity index (χ4v) is 4.35. The molecule has 1 aromatic carbocycles. The summed E-state index contributed by atoms with van der Waals surface area (Å²) in [5.74, 6) is 0.784. The Morgan fingerprint density at radius 3 is 2.59 bits per heavy atom. The molecular formula is C21H26ClN5O2. The number of aryl methyl sites for hydroxylation is 1. The number of nitrogens with zero attached hydrogens (tertiary/aromatic N) is 5. The van der Waals surface area contributed by atoms with Crippen molar-refractivity contribution in [3.8, 4) is 0 Å². The van der Waals surface area contributed by atoms with Crippen molar-refractivity contribution in [3.63, 3.8) is 0 Å². The van der Waals surface area contributed by atoms with E-state index in [4.69, 9.17) is 16.6 Å². The zero-order valence-corrected chi connectivity index (χ0v) is 17.8. The van der Waals surface area contributed by atoms with Crippen LogP contribution >= 0.6 is 11.6 Å². The lowest BCUT2D eigenvalue weighted by Crippen LogP contribution is -2.38. The molecule has 1 aliphatic rings. The van der Waals surface area contributed by atoms with Gasteiger partial charge in [0.2, 0.25) is 0 Å². The summed E-state index contributed by atoms with van der Waals surface area (Å²) in [6.07, 6.45) is 3.56. The number of likely N-dealkylation sites (tertiary alicyclic amines) is 1. The van der Waals surface area contributed by atoms with Crippen LogP contribution < -0.4 is 11.2 Å². The molecule has 0 amide bonds. The Kier molecular flexibility index (Phi) is 5.36. The van der Waals surface area contributed by atoms with E-state index in [2.05, 4.69) is 11.8 Å². The third-order valence-electron chi connectivity index (χ3n) is 6.00. The second-order valence-corrected chi connectivity index (χ2v) is 8.31. The standard InChI is InChI=1S/C21H26ClN5O2/c1-14-8-6-7-11-26(14)13-17-23-19-18(20(28)25(3)21(29)24(19)2)27(17)12-15-9-4-5-10-16(15)22/h4-5,9-10,14H,6-8,11-13H2,1-3H3/t14-/m0/s1. The lowest BCUT2D eigenvalue weighted by Gasteiger charge is -2.33. The molecule has 0 unspecified atom stereocenters. The van der Waals surface area contributed by atoms with Crippen molar-refractivity contribution in [2.75, 3.05) is 6.54 Å². The molecule has 0 saturated carbocycles. The number of benzene rings is 1. The lowest BCUT2D eigenvalue weighted by atomic mass is 10.0. The maximum Gasteiger partial charge on any atom is 0.332 e. The zero-order valence-electron chi connectivity index (χ0n) is 17.1. The minimum absolute atomic E-state index is 0.333. The van der Waals surface area contributed by atoms with Crippen molar-refractivity contribution in [2.45, 2.75) is 45.3 Å². The first-order valence-electron chi connectivity index (χ1n) is 10.0. The van der Waals surface area contributed by atoms with E-state index in [0.717, 1.165) is 35.3 Å². The molecule has 8 heteroatoms. The monoisotopic (exact) mass is 415 g/mol. The molecule has 3 heterocycles. The highest BCUT2D eigenvalue weighted by molar-refractivity contribution is 6.31. The lowest BCUT2D eigenvalue weighted by molar-refractivity contribution is 0.147. The zero-order chi connectivity index (χ0) is 20.7. The third kappa shape index (κ3) is 3.53. The normalized spacial score (nSPS) is 17.9. The predicted molar refractivity (Wildman–Crippen MR) is 114 cm³/mol. The fraction of sp³-hybridized carbons (Fsp3) is 0.476. The first-order chi connectivity index (χ1) is 13.9. The Labute approximate surface area is 174 Å². The van der Waals surface area contributed by atoms with Crippen molar-refractivity contribution in [1.29, 1.82) is 0 Å². The Morgan fingerprint density at radius 2 is 1.86 bits per heavy atom. The largest absolute Gasteiger partial charge is 0.332 e. The molecule has 2 aromatic heterocycles. The van der Waals surface area contributed by atoms with Gasteiger partial charge in [-0.15, -0.1) is 0 Å². The summed E-state index contributed by atoms with van der Waals surface area (Å²) >= 11 is 6.40. The van der Waals surface area contributed by atoms with Crippen LogP contribution in [0.15, 0.2) is 33.9 Å². The van der Waals surface area contributed by atoms with Gasteiger partial charge in [0.25, 0.3) is 5.56 Å². The van der Waals surface area contributed by atoms with Gasteiger partial charge in [0.15, 0.2) is 11.2 Å². The smallest absolute Gasteiger partial charge is 0.316 e. The number of halogens is 1. The summed E-state index contributed by atoms with van der Waals surface area (Å²) < 4.78 is 4.52. The average Bonchev–Trinajstić information content (AvgIpc) is 3.06. The summed E-state index contributed by atoms with van der Waals surface area (Å²) in [4.78, 5) is 32.6. The molecule has 29 heavy (non-hydrogen) atoms. The van der Waals surface area contributed by atoms with Crippen LogP contribution in [0.1, 0.15) is 37.6 Å². The second-order valence-electron chi connectivity index (χ2n) is 7.90. The Bertz CT molecular complexity index is 1180. The molecule has 1 atom stereocenters. The van der Waals surface area contributed by atoms with Gasteiger partial charge in [-0.05, 0) is 37.9 Å². The minimum atomic E-state index is -0.372. The highest BCUT2D eigenvalue weighted by Gasteiger charge is 2.24. The number of hydrogen-bond acceptors (Lipinski definition) is 4. The molecule has 7 nitrogen and oxygen atoms in total. The predicted octanol–water partition coefficient (Wildman–Crippen LogP) is 2.51. The summed E-state index contributed by atoms with van der Waals surface area (Å²) in [5.41, 5.74) is 1.07. The van der Waals surface area contributed by atoms with Crippen LogP contribution in [-0.2, 0) is 27.2 Å². The minimum Gasteiger partial charge on any atom is -0.316 e. The summed E-state index contributed by atoms with van der Waals surface area (Å²) in [5, 5.41) is 0.647. The molecular weight excluding hydrogens is 390 g/mol. The molecule has 4 rings (SSSR count). The number of imidazole rings is 1. The summed E-state index contributed by atoms with van der Waals surface area (Å²) in [7, 11) is 3.16. The molecule has 0 N–H and O–H groups in total. The van der Waals surface area contributed by atoms with Gasteiger partial charge in [-0.2, -0.15) is 0 Å². The Morgan fingerprint density at radius 1 is 1.10 bits per heavy atom. The van der Waals surface area contributed by atoms with Gasteiger partial charge in [-0.25, -0.2) is 9.78 Å². The maximum absolute atomic E-state index is 13.0. The molecule has 3 aromatic rings. The first kappa shape index (κ1) is 19.9. The third-order valence-corrected chi connectivity index (χ3v) is 6.37. The van der Waals surface area contributed by atoms with Gasteiger partial charge in [0.1, 0.15) is 5.82 Å². The number of rotatable bonds is 4. The average molecular weight is 416 g/mol. The van der Waals surface area contributed by atoms with Gasteiger partial charge < -0.3 is 4.57 Å². The van der Waals surface area contributed by atoms with E-state index in [1.165, 1.54) is 18.0 Å². The van der Waals surface area contributed by atoms with Crippen molar-refractivity contribution in [3.05, 3.63) is 61.5 Å². The topological polar surface area (TPSA) is 65.1 Å². The van der Waals surface area contributed by atoms with E-state index in [9.17, 15) is 9.59 Å². The molecule has 1 saturated heterocycles. The molecule has 1 aliphatic heterocycles. The highest BCUT2D eigenvalue weighted by Crippen LogP contribution is 2.23. The van der Waals surface area contributed by atoms with E-state index >= 15 is 0 Å². The van der Waals surface area contributed by atoms with E-state index < -0.39 is 0 Å². The molecule has 0 spiro atoms. The van der Waals surface area contributed by atoms with Crippen molar-refractivity contribution in [2.24, 2.45) is 14.1 Å². The second kappa shape index (κ2) is 7.80. The number of aromatic nitrogens is 4. The van der Waals surface area contributed by atoms with Crippen LogP contribution in [-0.4, -0.2) is 36.2 Å². The van der Waals surface area contributed by atoms with Gasteiger partial charge in [-0.1, -0.05) is 36.2 Å².